The molecular formula is C20H37N3O4. The first-order valence-corrected chi connectivity index (χ1v) is 10.3. The van der Waals surface area contributed by atoms with Gasteiger partial charge in [-0.1, -0.05) is 40.5 Å². The van der Waals surface area contributed by atoms with Crippen LogP contribution >= 0.6 is 0 Å². The Bertz CT molecular complexity index is 503. The average Bonchev–Trinajstić information content (AvgIpc) is 2.68. The molecule has 7 heteroatoms. The lowest BCUT2D eigenvalue weighted by Gasteiger charge is -2.30. The monoisotopic (exact) mass is 383 g/mol. The lowest BCUT2D eigenvalue weighted by molar-refractivity contribution is -0.144. The molecule has 0 bridgehead atoms. The standard InChI is InChI=1S/C20H37N3O4/c1-5-12(3)16(21)19(25)22-11-14-7-9-15(10-8-14)18(24)23-17(20(26)27)13(4)6-2/h12-17H,5-11,21H2,1-4H3,(H,22,25)(H,23,24)(H,26,27)/t12-,13+,14?,15?,16+,17+/m1/s1. The van der Waals surface area contributed by atoms with Crippen molar-refractivity contribution < 1.29 is 19.5 Å². The van der Waals surface area contributed by atoms with Crippen LogP contribution in [-0.4, -0.2) is 41.5 Å². The van der Waals surface area contributed by atoms with Crippen molar-refractivity contribution in [2.75, 3.05) is 6.54 Å². The zero-order valence-electron chi connectivity index (χ0n) is 17.2. The summed E-state index contributed by atoms with van der Waals surface area (Å²) in [6, 6.07) is -1.31. The Morgan fingerprint density at radius 3 is 2.07 bits per heavy atom. The summed E-state index contributed by atoms with van der Waals surface area (Å²) in [6.45, 7) is 8.32. The molecule has 5 N–H and O–H groups in total. The van der Waals surface area contributed by atoms with E-state index in [1.165, 1.54) is 0 Å². The summed E-state index contributed by atoms with van der Waals surface area (Å²) in [7, 11) is 0. The van der Waals surface area contributed by atoms with Crippen molar-refractivity contribution in [3.05, 3.63) is 0 Å². The van der Waals surface area contributed by atoms with Gasteiger partial charge in [-0.15, -0.1) is 0 Å². The molecule has 0 spiro atoms. The lowest BCUT2D eigenvalue weighted by atomic mass is 9.81. The van der Waals surface area contributed by atoms with Crippen molar-refractivity contribution in [3.8, 4) is 0 Å². The predicted molar refractivity (Wildman–Crippen MR) is 105 cm³/mol. The van der Waals surface area contributed by atoms with Gasteiger partial charge in [0.15, 0.2) is 0 Å². The van der Waals surface area contributed by atoms with Crippen LogP contribution in [-0.2, 0) is 14.4 Å². The van der Waals surface area contributed by atoms with E-state index in [1.807, 2.05) is 27.7 Å². The second-order valence-electron chi connectivity index (χ2n) is 8.08. The highest BCUT2D eigenvalue weighted by atomic mass is 16.4. The molecule has 0 unspecified atom stereocenters. The van der Waals surface area contributed by atoms with Crippen LogP contribution in [0, 0.1) is 23.7 Å². The quantitative estimate of drug-likeness (QED) is 0.459. The number of hydrogen-bond donors (Lipinski definition) is 4. The van der Waals surface area contributed by atoms with E-state index in [1.54, 1.807) is 0 Å². The molecule has 1 saturated carbocycles. The van der Waals surface area contributed by atoms with Crippen molar-refractivity contribution in [1.82, 2.24) is 10.6 Å². The summed E-state index contributed by atoms with van der Waals surface area (Å²) in [4.78, 5) is 35.9. The predicted octanol–water partition coefficient (Wildman–Crippen LogP) is 1.90. The molecule has 0 aromatic rings. The molecule has 1 aliphatic rings. The zero-order valence-corrected chi connectivity index (χ0v) is 17.2. The number of carboxylic acids is 1. The molecule has 0 aliphatic heterocycles. The van der Waals surface area contributed by atoms with Crippen molar-refractivity contribution in [2.24, 2.45) is 29.4 Å². The molecular weight excluding hydrogens is 346 g/mol. The van der Waals surface area contributed by atoms with Gasteiger partial charge in [-0.3, -0.25) is 9.59 Å². The lowest BCUT2D eigenvalue weighted by Crippen LogP contribution is -2.48. The maximum absolute atomic E-state index is 12.4. The van der Waals surface area contributed by atoms with Gasteiger partial charge in [0.2, 0.25) is 11.8 Å². The molecule has 0 radical (unpaired) electrons. The molecule has 156 valence electrons. The number of aliphatic carboxylic acids is 1. The van der Waals surface area contributed by atoms with Crippen LogP contribution in [0.15, 0.2) is 0 Å². The highest BCUT2D eigenvalue weighted by Crippen LogP contribution is 2.29. The summed E-state index contributed by atoms with van der Waals surface area (Å²) >= 11 is 0. The third-order valence-electron chi connectivity index (χ3n) is 6.12. The fourth-order valence-corrected chi connectivity index (χ4v) is 3.46. The summed E-state index contributed by atoms with van der Waals surface area (Å²) in [5, 5.41) is 15.0. The molecule has 2 amide bonds. The topological polar surface area (TPSA) is 122 Å². The van der Waals surface area contributed by atoms with Crippen molar-refractivity contribution in [3.63, 3.8) is 0 Å². The van der Waals surface area contributed by atoms with Gasteiger partial charge >= 0.3 is 5.97 Å². The molecule has 0 aromatic carbocycles. The van der Waals surface area contributed by atoms with E-state index in [9.17, 15) is 19.5 Å². The van der Waals surface area contributed by atoms with Gasteiger partial charge in [-0.2, -0.15) is 0 Å². The van der Waals surface area contributed by atoms with Gasteiger partial charge in [0.05, 0.1) is 6.04 Å². The van der Waals surface area contributed by atoms with E-state index in [-0.39, 0.29) is 29.6 Å². The summed E-state index contributed by atoms with van der Waals surface area (Å²) in [5.41, 5.74) is 5.94. The Kier molecular flexibility index (Phi) is 9.77. The second kappa shape index (κ2) is 11.3. The smallest absolute Gasteiger partial charge is 0.326 e. The summed E-state index contributed by atoms with van der Waals surface area (Å²) < 4.78 is 0. The number of nitrogens with two attached hydrogens (primary N) is 1. The molecule has 27 heavy (non-hydrogen) atoms. The minimum absolute atomic E-state index is 0.104. The number of amides is 2. The maximum atomic E-state index is 12.4. The van der Waals surface area contributed by atoms with E-state index in [0.29, 0.717) is 18.9 Å². The third kappa shape index (κ3) is 7.13. The molecule has 0 heterocycles. The number of nitrogens with one attached hydrogen (secondary N) is 2. The van der Waals surface area contributed by atoms with E-state index in [0.717, 1.165) is 32.1 Å². The van der Waals surface area contributed by atoms with Crippen LogP contribution < -0.4 is 16.4 Å². The van der Waals surface area contributed by atoms with Crippen molar-refractivity contribution >= 4 is 17.8 Å². The number of carboxylic acid groups (broad SMARTS) is 1. The van der Waals surface area contributed by atoms with Gasteiger partial charge in [-0.05, 0) is 43.4 Å². The first-order valence-electron chi connectivity index (χ1n) is 10.3. The minimum atomic E-state index is -0.980. The molecule has 4 atom stereocenters. The third-order valence-corrected chi connectivity index (χ3v) is 6.12. The number of hydrogen-bond acceptors (Lipinski definition) is 4. The van der Waals surface area contributed by atoms with E-state index in [4.69, 9.17) is 5.73 Å². The highest BCUT2D eigenvalue weighted by molar-refractivity contribution is 5.85. The normalized spacial score (nSPS) is 24.3. The van der Waals surface area contributed by atoms with E-state index < -0.39 is 18.1 Å². The van der Waals surface area contributed by atoms with Crippen LogP contribution in [0.25, 0.3) is 0 Å². The van der Waals surface area contributed by atoms with Gasteiger partial charge in [0.25, 0.3) is 0 Å². The second-order valence-corrected chi connectivity index (χ2v) is 8.08. The van der Waals surface area contributed by atoms with Crippen LogP contribution in [0.4, 0.5) is 0 Å². The van der Waals surface area contributed by atoms with Gasteiger partial charge in [-0.25, -0.2) is 4.79 Å². The van der Waals surface area contributed by atoms with Crippen LogP contribution in [0.1, 0.15) is 66.2 Å². The maximum Gasteiger partial charge on any atom is 0.326 e. The number of carbonyl (C=O) groups is 3. The molecule has 0 aromatic heterocycles. The fourth-order valence-electron chi connectivity index (χ4n) is 3.46. The Morgan fingerprint density at radius 1 is 1.04 bits per heavy atom. The van der Waals surface area contributed by atoms with Crippen molar-refractivity contribution in [2.45, 2.75) is 78.3 Å². The average molecular weight is 384 g/mol. The SMILES string of the molecule is CC[C@@H](C)[C@H](N)C(=O)NCC1CCC(C(=O)N[C@H](C(=O)O)[C@@H](C)CC)CC1. The Morgan fingerprint density at radius 2 is 1.59 bits per heavy atom. The van der Waals surface area contributed by atoms with Crippen LogP contribution in [0.2, 0.25) is 0 Å². The minimum Gasteiger partial charge on any atom is -0.480 e. The molecule has 1 aliphatic carbocycles. The summed E-state index contributed by atoms with van der Waals surface area (Å²) in [6.07, 6.45) is 4.69. The highest BCUT2D eigenvalue weighted by Gasteiger charge is 2.31. The Hall–Kier alpha value is -1.63. The zero-order chi connectivity index (χ0) is 20.6. The number of carbonyl (C=O) groups excluding carboxylic acids is 2. The fraction of sp³-hybridized carbons (Fsp3) is 0.850. The summed E-state index contributed by atoms with van der Waals surface area (Å²) in [5.74, 6) is -1.01. The van der Waals surface area contributed by atoms with E-state index in [2.05, 4.69) is 10.6 Å². The largest absolute Gasteiger partial charge is 0.480 e. The van der Waals surface area contributed by atoms with Gasteiger partial charge < -0.3 is 21.5 Å². The molecule has 7 nitrogen and oxygen atoms in total. The van der Waals surface area contributed by atoms with Gasteiger partial charge in [0.1, 0.15) is 6.04 Å². The molecule has 1 fully saturated rings. The Balaban J connectivity index is 2.42. The van der Waals surface area contributed by atoms with Crippen molar-refractivity contribution in [1.29, 1.82) is 0 Å². The first-order chi connectivity index (χ1) is 12.7. The number of rotatable bonds is 10. The van der Waals surface area contributed by atoms with Crippen LogP contribution in [0.3, 0.4) is 0 Å². The van der Waals surface area contributed by atoms with Crippen LogP contribution in [0.5, 0.6) is 0 Å². The Labute approximate surface area is 162 Å². The molecule has 0 saturated heterocycles. The first kappa shape index (κ1) is 23.4. The van der Waals surface area contributed by atoms with Gasteiger partial charge in [0, 0.05) is 12.5 Å². The van der Waals surface area contributed by atoms with E-state index >= 15 is 0 Å². The molecule has 1 rings (SSSR count).